The molecule has 0 amide bonds. The topological polar surface area (TPSA) is 12.0 Å². The van der Waals surface area contributed by atoms with Crippen molar-refractivity contribution in [2.24, 2.45) is 5.41 Å². The van der Waals surface area contributed by atoms with E-state index in [1.807, 2.05) is 13.1 Å². The second kappa shape index (κ2) is 5.96. The number of rotatable bonds is 4. The van der Waals surface area contributed by atoms with Crippen LogP contribution in [0.3, 0.4) is 0 Å². The van der Waals surface area contributed by atoms with Gasteiger partial charge in [-0.25, -0.2) is 4.39 Å². The van der Waals surface area contributed by atoms with E-state index >= 15 is 0 Å². The number of halogens is 2. The minimum Gasteiger partial charge on any atom is -0.313 e. The Labute approximate surface area is 112 Å². The lowest BCUT2D eigenvalue weighted by Crippen LogP contribution is -2.20. The van der Waals surface area contributed by atoms with Crippen LogP contribution in [-0.2, 0) is 0 Å². The molecule has 1 atom stereocenters. The summed E-state index contributed by atoms with van der Waals surface area (Å²) in [5, 5.41) is 3.20. The van der Waals surface area contributed by atoms with E-state index in [1.165, 1.54) is 6.07 Å². The van der Waals surface area contributed by atoms with E-state index in [2.05, 4.69) is 42.0 Å². The van der Waals surface area contributed by atoms with Gasteiger partial charge in [0.2, 0.25) is 0 Å². The molecule has 0 spiro atoms. The Balaban J connectivity index is 2.82. The van der Waals surface area contributed by atoms with Gasteiger partial charge in [-0.15, -0.1) is 0 Å². The Morgan fingerprint density at radius 3 is 2.53 bits per heavy atom. The van der Waals surface area contributed by atoms with Gasteiger partial charge in [0.25, 0.3) is 0 Å². The third kappa shape index (κ3) is 4.76. The van der Waals surface area contributed by atoms with Crippen molar-refractivity contribution in [3.8, 4) is 0 Å². The maximum absolute atomic E-state index is 13.8. The fourth-order valence-electron chi connectivity index (χ4n) is 1.81. The molecular weight excluding hydrogens is 281 g/mol. The van der Waals surface area contributed by atoms with E-state index in [0.29, 0.717) is 0 Å². The Morgan fingerprint density at radius 1 is 1.35 bits per heavy atom. The SMILES string of the molecule is CNC(CCC(C)(C)C)c1cc(Br)ccc1F. The maximum atomic E-state index is 13.8. The highest BCUT2D eigenvalue weighted by Crippen LogP contribution is 2.29. The molecular formula is C14H21BrFN. The summed E-state index contributed by atoms with van der Waals surface area (Å²) in [6, 6.07) is 5.18. The van der Waals surface area contributed by atoms with Gasteiger partial charge in [0.1, 0.15) is 5.82 Å². The number of hydrogen-bond acceptors (Lipinski definition) is 1. The fourth-order valence-corrected chi connectivity index (χ4v) is 2.19. The summed E-state index contributed by atoms with van der Waals surface area (Å²) in [5.41, 5.74) is 1.02. The normalized spacial score (nSPS) is 13.8. The van der Waals surface area contributed by atoms with E-state index in [1.54, 1.807) is 6.07 Å². The molecule has 1 rings (SSSR count). The molecule has 0 bridgehead atoms. The smallest absolute Gasteiger partial charge is 0.128 e. The van der Waals surface area contributed by atoms with Gasteiger partial charge in [-0.05, 0) is 43.5 Å². The number of nitrogens with one attached hydrogen (secondary N) is 1. The first-order chi connectivity index (χ1) is 7.83. The molecule has 1 aromatic carbocycles. The maximum Gasteiger partial charge on any atom is 0.128 e. The predicted molar refractivity (Wildman–Crippen MR) is 74.6 cm³/mol. The average molecular weight is 302 g/mol. The van der Waals surface area contributed by atoms with Gasteiger partial charge in [-0.3, -0.25) is 0 Å². The van der Waals surface area contributed by atoms with E-state index in [4.69, 9.17) is 0 Å². The Hall–Kier alpha value is -0.410. The molecule has 0 fully saturated rings. The summed E-state index contributed by atoms with van der Waals surface area (Å²) in [6.45, 7) is 6.62. The van der Waals surface area contributed by atoms with Crippen LogP contribution in [0, 0.1) is 11.2 Å². The van der Waals surface area contributed by atoms with Gasteiger partial charge in [-0.1, -0.05) is 36.7 Å². The van der Waals surface area contributed by atoms with Crippen LogP contribution < -0.4 is 5.32 Å². The van der Waals surface area contributed by atoms with Crippen molar-refractivity contribution in [1.82, 2.24) is 5.32 Å². The van der Waals surface area contributed by atoms with E-state index in [9.17, 15) is 4.39 Å². The van der Waals surface area contributed by atoms with Crippen molar-refractivity contribution < 1.29 is 4.39 Å². The van der Waals surface area contributed by atoms with Gasteiger partial charge < -0.3 is 5.32 Å². The van der Waals surface area contributed by atoms with Crippen molar-refractivity contribution in [3.63, 3.8) is 0 Å². The largest absolute Gasteiger partial charge is 0.313 e. The fraction of sp³-hybridized carbons (Fsp3) is 0.571. The van der Waals surface area contributed by atoms with Gasteiger partial charge in [0.05, 0.1) is 0 Å². The van der Waals surface area contributed by atoms with Crippen molar-refractivity contribution in [2.45, 2.75) is 39.7 Å². The summed E-state index contributed by atoms with van der Waals surface area (Å²) in [4.78, 5) is 0. The Morgan fingerprint density at radius 2 is 2.00 bits per heavy atom. The summed E-state index contributed by atoms with van der Waals surface area (Å²) in [7, 11) is 1.88. The highest BCUT2D eigenvalue weighted by atomic mass is 79.9. The molecule has 0 saturated carbocycles. The molecule has 0 radical (unpaired) electrons. The first kappa shape index (κ1) is 14.7. The lowest BCUT2D eigenvalue weighted by Gasteiger charge is -2.23. The van der Waals surface area contributed by atoms with Gasteiger partial charge in [0, 0.05) is 16.1 Å². The zero-order valence-electron chi connectivity index (χ0n) is 11.0. The van der Waals surface area contributed by atoms with Crippen LogP contribution >= 0.6 is 15.9 Å². The lowest BCUT2D eigenvalue weighted by molar-refractivity contribution is 0.335. The summed E-state index contributed by atoms with van der Waals surface area (Å²) in [6.07, 6.45) is 2.00. The molecule has 1 N–H and O–H groups in total. The monoisotopic (exact) mass is 301 g/mol. The zero-order chi connectivity index (χ0) is 13.1. The average Bonchev–Trinajstić information content (AvgIpc) is 2.22. The van der Waals surface area contributed by atoms with Gasteiger partial charge in [-0.2, -0.15) is 0 Å². The molecule has 0 heterocycles. The standard InChI is InChI=1S/C14H21BrFN/c1-14(2,3)8-7-13(17-4)11-9-10(15)5-6-12(11)16/h5-6,9,13,17H,7-8H2,1-4H3. The van der Waals surface area contributed by atoms with Crippen molar-refractivity contribution in [1.29, 1.82) is 0 Å². The Bertz CT molecular complexity index is 371. The third-order valence-corrected chi connectivity index (χ3v) is 3.36. The summed E-state index contributed by atoms with van der Waals surface area (Å²) < 4.78 is 14.7. The van der Waals surface area contributed by atoms with Crippen LogP contribution in [0.4, 0.5) is 4.39 Å². The molecule has 1 aromatic rings. The van der Waals surface area contributed by atoms with Crippen LogP contribution in [0.5, 0.6) is 0 Å². The van der Waals surface area contributed by atoms with Crippen LogP contribution in [0.15, 0.2) is 22.7 Å². The molecule has 0 aliphatic carbocycles. The Kier molecular flexibility index (Phi) is 5.14. The van der Waals surface area contributed by atoms with E-state index in [0.717, 1.165) is 22.9 Å². The molecule has 96 valence electrons. The van der Waals surface area contributed by atoms with E-state index < -0.39 is 0 Å². The summed E-state index contributed by atoms with van der Waals surface area (Å²) in [5.74, 6) is -0.138. The van der Waals surface area contributed by atoms with Crippen LogP contribution in [-0.4, -0.2) is 7.05 Å². The molecule has 0 aliphatic rings. The second-order valence-electron chi connectivity index (χ2n) is 5.61. The highest BCUT2D eigenvalue weighted by Gasteiger charge is 2.18. The zero-order valence-corrected chi connectivity index (χ0v) is 12.6. The van der Waals surface area contributed by atoms with Crippen LogP contribution in [0.1, 0.15) is 45.2 Å². The van der Waals surface area contributed by atoms with Crippen molar-refractivity contribution in [2.75, 3.05) is 7.05 Å². The molecule has 0 aromatic heterocycles. The molecule has 3 heteroatoms. The van der Waals surface area contributed by atoms with Gasteiger partial charge in [0.15, 0.2) is 0 Å². The summed E-state index contributed by atoms with van der Waals surface area (Å²) >= 11 is 3.39. The highest BCUT2D eigenvalue weighted by molar-refractivity contribution is 9.10. The molecule has 17 heavy (non-hydrogen) atoms. The minimum absolute atomic E-state index is 0.0757. The first-order valence-corrected chi connectivity index (χ1v) is 6.75. The minimum atomic E-state index is -0.138. The number of hydrogen-bond donors (Lipinski definition) is 1. The van der Waals surface area contributed by atoms with Gasteiger partial charge >= 0.3 is 0 Å². The lowest BCUT2D eigenvalue weighted by atomic mass is 9.87. The van der Waals surface area contributed by atoms with Crippen LogP contribution in [0.2, 0.25) is 0 Å². The molecule has 0 aliphatic heterocycles. The van der Waals surface area contributed by atoms with Crippen LogP contribution in [0.25, 0.3) is 0 Å². The first-order valence-electron chi connectivity index (χ1n) is 5.96. The van der Waals surface area contributed by atoms with Crippen molar-refractivity contribution >= 4 is 15.9 Å². The molecule has 1 unspecified atom stereocenters. The van der Waals surface area contributed by atoms with Crippen molar-refractivity contribution in [3.05, 3.63) is 34.1 Å². The van der Waals surface area contributed by atoms with E-state index in [-0.39, 0.29) is 17.3 Å². The second-order valence-corrected chi connectivity index (χ2v) is 6.52. The molecule has 0 saturated heterocycles. The molecule has 1 nitrogen and oxygen atoms in total. The number of benzene rings is 1. The third-order valence-electron chi connectivity index (χ3n) is 2.86. The quantitative estimate of drug-likeness (QED) is 0.852. The predicted octanol–water partition coefficient (Wildman–Crippen LogP) is 4.68.